The fourth-order valence-corrected chi connectivity index (χ4v) is 1.17. The van der Waals surface area contributed by atoms with E-state index in [1.165, 1.54) is 0 Å². The van der Waals surface area contributed by atoms with E-state index in [2.05, 4.69) is 9.97 Å². The Kier molecular flexibility index (Phi) is 1.59. The average Bonchev–Trinajstić information content (AvgIpc) is 2.07. The first-order valence-corrected chi connectivity index (χ1v) is 3.79. The highest BCUT2D eigenvalue weighted by molar-refractivity contribution is 6.30. The molecule has 2 rings (SSSR count). The fourth-order valence-electron chi connectivity index (χ4n) is 1.01. The predicted molar refractivity (Wildman–Crippen MR) is 47.4 cm³/mol. The third kappa shape index (κ3) is 1.08. The quantitative estimate of drug-likeness (QED) is 0.669. The maximum atomic E-state index is 11.0. The van der Waals surface area contributed by atoms with Crippen molar-refractivity contribution in [3.63, 3.8) is 0 Å². The summed E-state index contributed by atoms with van der Waals surface area (Å²) >= 11 is 5.62. The Morgan fingerprint density at radius 2 is 2.33 bits per heavy atom. The van der Waals surface area contributed by atoms with E-state index in [1.807, 2.05) is 6.07 Å². The summed E-state index contributed by atoms with van der Waals surface area (Å²) < 4.78 is 0. The lowest BCUT2D eigenvalue weighted by molar-refractivity contribution is 1.23. The maximum absolute atomic E-state index is 11.0. The first-order valence-electron chi connectivity index (χ1n) is 3.41. The van der Waals surface area contributed by atoms with Crippen LogP contribution in [0.5, 0.6) is 0 Å². The van der Waals surface area contributed by atoms with Gasteiger partial charge in [-0.3, -0.25) is 4.79 Å². The molecule has 2 heterocycles. The lowest BCUT2D eigenvalue weighted by Gasteiger charge is -1.94. The van der Waals surface area contributed by atoms with Crippen LogP contribution in [0, 0.1) is 0 Å². The Labute approximate surface area is 73.0 Å². The molecule has 0 aliphatic rings. The Morgan fingerprint density at radius 1 is 1.50 bits per heavy atom. The fraction of sp³-hybridized carbons (Fsp3) is 0. The van der Waals surface area contributed by atoms with E-state index >= 15 is 0 Å². The van der Waals surface area contributed by atoms with Crippen LogP contribution in [0.4, 0.5) is 0 Å². The van der Waals surface area contributed by atoms with E-state index in [9.17, 15) is 4.79 Å². The number of hydrogen-bond acceptors (Lipinski definition) is 2. The topological polar surface area (TPSA) is 45.8 Å². The Bertz CT molecular complexity index is 478. The summed E-state index contributed by atoms with van der Waals surface area (Å²) in [6.07, 6.45) is 1.62. The molecule has 0 unspecified atom stereocenters. The Hall–Kier alpha value is -1.35. The molecular weight excluding hydrogens is 176 g/mol. The number of pyridine rings is 2. The number of nitrogens with zero attached hydrogens (tertiary/aromatic N) is 1. The number of nitrogens with one attached hydrogen (secondary N) is 1. The van der Waals surface area contributed by atoms with Crippen LogP contribution < -0.4 is 5.56 Å². The predicted octanol–water partition coefficient (Wildman–Crippen LogP) is 1.58. The van der Waals surface area contributed by atoms with Crippen molar-refractivity contribution in [2.45, 2.75) is 0 Å². The minimum atomic E-state index is -0.303. The second-order valence-electron chi connectivity index (χ2n) is 2.39. The molecule has 1 N–H and O–H groups in total. The molecule has 2 aromatic rings. The van der Waals surface area contributed by atoms with Crippen molar-refractivity contribution >= 4 is 22.6 Å². The number of halogens is 1. The van der Waals surface area contributed by atoms with Gasteiger partial charge in [0.15, 0.2) is 0 Å². The minimum absolute atomic E-state index is 0.190. The summed E-state index contributed by atoms with van der Waals surface area (Å²) in [5, 5.41) is 1.03. The number of H-pyrrole nitrogens is 1. The number of hydrogen-bond donors (Lipinski definition) is 1. The van der Waals surface area contributed by atoms with Gasteiger partial charge in [0.1, 0.15) is 10.7 Å². The SMILES string of the molecule is O=c1[nH]c2ncccc2cc1Cl. The van der Waals surface area contributed by atoms with E-state index in [-0.39, 0.29) is 10.6 Å². The van der Waals surface area contributed by atoms with Gasteiger partial charge in [-0.05, 0) is 18.2 Å². The summed E-state index contributed by atoms with van der Waals surface area (Å²) in [7, 11) is 0. The molecule has 12 heavy (non-hydrogen) atoms. The molecule has 0 aliphatic heterocycles. The van der Waals surface area contributed by atoms with Crippen molar-refractivity contribution in [1.82, 2.24) is 9.97 Å². The van der Waals surface area contributed by atoms with E-state index in [0.29, 0.717) is 5.65 Å². The molecule has 0 aromatic carbocycles. The van der Waals surface area contributed by atoms with Crippen molar-refractivity contribution in [3.05, 3.63) is 39.8 Å². The van der Waals surface area contributed by atoms with E-state index < -0.39 is 0 Å². The number of aromatic nitrogens is 2. The minimum Gasteiger partial charge on any atom is -0.305 e. The summed E-state index contributed by atoms with van der Waals surface area (Å²) in [5.74, 6) is 0. The lowest BCUT2D eigenvalue weighted by atomic mass is 10.3. The van der Waals surface area contributed by atoms with Crippen molar-refractivity contribution < 1.29 is 0 Å². The van der Waals surface area contributed by atoms with Crippen LogP contribution in [0.1, 0.15) is 0 Å². The van der Waals surface area contributed by atoms with Gasteiger partial charge in [0.25, 0.3) is 5.56 Å². The summed E-state index contributed by atoms with van der Waals surface area (Å²) in [6, 6.07) is 5.23. The van der Waals surface area contributed by atoms with Gasteiger partial charge in [0.2, 0.25) is 0 Å². The van der Waals surface area contributed by atoms with Crippen molar-refractivity contribution in [2.24, 2.45) is 0 Å². The molecule has 0 spiro atoms. The van der Waals surface area contributed by atoms with Crippen LogP contribution in [0.25, 0.3) is 11.0 Å². The first-order chi connectivity index (χ1) is 5.77. The molecule has 0 amide bonds. The molecule has 0 radical (unpaired) electrons. The molecule has 2 aromatic heterocycles. The van der Waals surface area contributed by atoms with E-state index in [1.54, 1.807) is 18.3 Å². The van der Waals surface area contributed by atoms with Crippen LogP contribution >= 0.6 is 11.6 Å². The second kappa shape index (κ2) is 2.60. The number of rotatable bonds is 0. The number of aromatic amines is 1. The molecule has 0 saturated carbocycles. The monoisotopic (exact) mass is 180 g/mol. The average molecular weight is 181 g/mol. The molecule has 0 atom stereocenters. The zero-order valence-electron chi connectivity index (χ0n) is 6.04. The zero-order chi connectivity index (χ0) is 8.55. The standard InChI is InChI=1S/C8H5ClN2O/c9-6-4-5-2-1-3-10-7(5)11-8(6)12/h1-4H,(H,10,11,12). The molecular formula is C8H5ClN2O. The first kappa shape index (κ1) is 7.31. The van der Waals surface area contributed by atoms with Crippen LogP contribution in [0.15, 0.2) is 29.2 Å². The van der Waals surface area contributed by atoms with Gasteiger partial charge in [0, 0.05) is 11.6 Å². The van der Waals surface area contributed by atoms with Crippen molar-refractivity contribution in [3.8, 4) is 0 Å². The summed E-state index contributed by atoms with van der Waals surface area (Å²) in [6.45, 7) is 0. The summed E-state index contributed by atoms with van der Waals surface area (Å²) in [5.41, 5.74) is 0.259. The van der Waals surface area contributed by atoms with Crippen LogP contribution in [0.2, 0.25) is 5.02 Å². The van der Waals surface area contributed by atoms with Gasteiger partial charge in [-0.15, -0.1) is 0 Å². The highest BCUT2D eigenvalue weighted by Crippen LogP contribution is 2.09. The lowest BCUT2D eigenvalue weighted by Crippen LogP contribution is -2.05. The second-order valence-corrected chi connectivity index (χ2v) is 2.79. The Balaban J connectivity index is 2.93. The van der Waals surface area contributed by atoms with Gasteiger partial charge in [-0.25, -0.2) is 4.98 Å². The largest absolute Gasteiger partial charge is 0.305 e. The van der Waals surface area contributed by atoms with Gasteiger partial charge in [-0.2, -0.15) is 0 Å². The van der Waals surface area contributed by atoms with E-state index in [4.69, 9.17) is 11.6 Å². The number of fused-ring (bicyclic) bond motifs is 1. The third-order valence-electron chi connectivity index (χ3n) is 1.57. The molecule has 0 saturated heterocycles. The Morgan fingerprint density at radius 3 is 3.17 bits per heavy atom. The van der Waals surface area contributed by atoms with Crippen LogP contribution in [-0.2, 0) is 0 Å². The van der Waals surface area contributed by atoms with Gasteiger partial charge < -0.3 is 4.98 Å². The summed E-state index contributed by atoms with van der Waals surface area (Å²) in [4.78, 5) is 17.5. The normalized spacial score (nSPS) is 10.4. The van der Waals surface area contributed by atoms with Crippen LogP contribution in [-0.4, -0.2) is 9.97 Å². The smallest absolute Gasteiger partial charge is 0.268 e. The molecule has 0 fully saturated rings. The van der Waals surface area contributed by atoms with Gasteiger partial charge in [0.05, 0.1) is 0 Å². The third-order valence-corrected chi connectivity index (χ3v) is 1.85. The molecule has 0 aliphatic carbocycles. The molecule has 3 nitrogen and oxygen atoms in total. The molecule has 60 valence electrons. The van der Waals surface area contributed by atoms with Gasteiger partial charge >= 0.3 is 0 Å². The molecule has 4 heteroatoms. The van der Waals surface area contributed by atoms with Crippen LogP contribution in [0.3, 0.4) is 0 Å². The highest BCUT2D eigenvalue weighted by atomic mass is 35.5. The highest BCUT2D eigenvalue weighted by Gasteiger charge is 1.98. The van der Waals surface area contributed by atoms with Gasteiger partial charge in [-0.1, -0.05) is 11.6 Å². The zero-order valence-corrected chi connectivity index (χ0v) is 6.80. The van der Waals surface area contributed by atoms with E-state index in [0.717, 1.165) is 5.39 Å². The maximum Gasteiger partial charge on any atom is 0.268 e. The van der Waals surface area contributed by atoms with Crippen molar-refractivity contribution in [2.75, 3.05) is 0 Å². The van der Waals surface area contributed by atoms with Crippen molar-refractivity contribution in [1.29, 1.82) is 0 Å². The molecule has 0 bridgehead atoms.